The maximum atomic E-state index is 12.3. The number of amides is 1. The Hall–Kier alpha value is -1.54. The summed E-state index contributed by atoms with van der Waals surface area (Å²) in [5.74, 6) is 0.597. The number of carbonyl (C=O) groups is 1. The lowest BCUT2D eigenvalue weighted by molar-refractivity contribution is 0.00578. The van der Waals surface area contributed by atoms with Gasteiger partial charge in [0.05, 0.1) is 22.4 Å². The van der Waals surface area contributed by atoms with Crippen molar-refractivity contribution in [1.29, 1.82) is 0 Å². The highest BCUT2D eigenvalue weighted by Gasteiger charge is 2.58. The Morgan fingerprint density at radius 1 is 1.15 bits per heavy atom. The van der Waals surface area contributed by atoms with Crippen molar-refractivity contribution in [3.63, 3.8) is 0 Å². The number of rotatable bonds is 3. The second kappa shape index (κ2) is 5.73. The van der Waals surface area contributed by atoms with E-state index < -0.39 is 35.6 Å². The molecule has 3 rings (SSSR count). The lowest BCUT2D eigenvalue weighted by Gasteiger charge is -2.32. The van der Waals surface area contributed by atoms with Crippen molar-refractivity contribution >= 4 is 18.7 Å². The summed E-state index contributed by atoms with van der Waals surface area (Å²) >= 11 is 0. The van der Waals surface area contributed by atoms with E-state index in [-0.39, 0.29) is 0 Å². The highest BCUT2D eigenvalue weighted by molar-refractivity contribution is 6.63. The SMILES string of the molecule is Cc1noc(C2(NC(=O)OC(C)(C)C)CC2)c1B1OC(C)(C)C(C)(C)O1. The average Bonchev–Trinajstić information content (AvgIpc) is 3.02. The first-order chi connectivity index (χ1) is 11.8. The minimum Gasteiger partial charge on any atom is -0.444 e. The maximum Gasteiger partial charge on any atom is 0.500 e. The molecular weight excluding hydrogens is 335 g/mol. The fourth-order valence-electron chi connectivity index (χ4n) is 2.99. The Labute approximate surface area is 155 Å². The van der Waals surface area contributed by atoms with Gasteiger partial charge in [-0.05, 0) is 68.2 Å². The molecule has 8 heteroatoms. The van der Waals surface area contributed by atoms with Crippen LogP contribution in [0.2, 0.25) is 0 Å². The Morgan fingerprint density at radius 3 is 2.15 bits per heavy atom. The van der Waals surface area contributed by atoms with Crippen LogP contribution < -0.4 is 10.8 Å². The summed E-state index contributed by atoms with van der Waals surface area (Å²) in [5, 5.41) is 7.07. The number of ether oxygens (including phenoxy) is 1. The van der Waals surface area contributed by atoms with E-state index in [0.29, 0.717) is 11.5 Å². The Kier molecular flexibility index (Phi) is 4.24. The van der Waals surface area contributed by atoms with Crippen LogP contribution in [0.3, 0.4) is 0 Å². The standard InChI is InChI=1S/C18H29BN2O5/c1-11-12(19-25-16(5,6)17(7,8)26-19)13(24-21-11)18(9-10-18)20-14(22)23-15(2,3)4/h9-10H2,1-8H3,(H,20,22). The number of carbonyl (C=O) groups excluding carboxylic acids is 1. The molecule has 2 fully saturated rings. The molecule has 1 aliphatic heterocycles. The van der Waals surface area contributed by atoms with Crippen LogP contribution >= 0.6 is 0 Å². The number of nitrogens with one attached hydrogen (secondary N) is 1. The van der Waals surface area contributed by atoms with Crippen molar-refractivity contribution < 1.29 is 23.4 Å². The summed E-state index contributed by atoms with van der Waals surface area (Å²) in [6, 6.07) is 0. The number of aryl methyl sites for hydroxylation is 1. The molecule has 26 heavy (non-hydrogen) atoms. The molecule has 144 valence electrons. The first-order valence-electron chi connectivity index (χ1n) is 9.10. The molecule has 1 amide bonds. The van der Waals surface area contributed by atoms with Gasteiger partial charge in [0.2, 0.25) is 0 Å². The second-order valence-corrected chi connectivity index (χ2v) is 9.31. The lowest BCUT2D eigenvalue weighted by Crippen LogP contribution is -2.45. The van der Waals surface area contributed by atoms with Crippen molar-refractivity contribution in [3.8, 4) is 0 Å². The van der Waals surface area contributed by atoms with E-state index in [2.05, 4.69) is 10.5 Å². The summed E-state index contributed by atoms with van der Waals surface area (Å²) in [5.41, 5.74) is -0.635. The van der Waals surface area contributed by atoms with Gasteiger partial charge >= 0.3 is 13.2 Å². The van der Waals surface area contributed by atoms with Crippen LogP contribution in [0.4, 0.5) is 4.79 Å². The van der Waals surface area contributed by atoms with Gasteiger partial charge in [0.15, 0.2) is 5.76 Å². The molecule has 1 aliphatic carbocycles. The van der Waals surface area contributed by atoms with Crippen LogP contribution in [0.25, 0.3) is 0 Å². The van der Waals surface area contributed by atoms with Crippen molar-refractivity contribution in [2.24, 2.45) is 0 Å². The number of hydrogen-bond acceptors (Lipinski definition) is 6. The van der Waals surface area contributed by atoms with Gasteiger partial charge < -0.3 is 23.9 Å². The van der Waals surface area contributed by atoms with Gasteiger partial charge in [-0.25, -0.2) is 4.79 Å². The summed E-state index contributed by atoms with van der Waals surface area (Å²) in [4.78, 5) is 12.3. The fourth-order valence-corrected chi connectivity index (χ4v) is 2.99. The number of alkyl carbamates (subject to hydrolysis) is 1. The molecule has 0 spiro atoms. The van der Waals surface area contributed by atoms with Gasteiger partial charge in [0.1, 0.15) is 11.1 Å². The molecule has 1 aromatic heterocycles. The summed E-state index contributed by atoms with van der Waals surface area (Å²) in [6.45, 7) is 15.4. The molecule has 1 saturated heterocycles. The van der Waals surface area contributed by atoms with Crippen molar-refractivity contribution in [2.45, 2.75) is 90.6 Å². The fraction of sp³-hybridized carbons (Fsp3) is 0.778. The molecule has 1 N–H and O–H groups in total. The minimum atomic E-state index is -0.609. The van der Waals surface area contributed by atoms with Gasteiger partial charge in [-0.2, -0.15) is 0 Å². The topological polar surface area (TPSA) is 82.8 Å². The lowest BCUT2D eigenvalue weighted by atomic mass is 9.75. The van der Waals surface area contributed by atoms with Gasteiger partial charge in [0.25, 0.3) is 0 Å². The first kappa shape index (κ1) is 19.2. The smallest absolute Gasteiger partial charge is 0.444 e. The van der Waals surface area contributed by atoms with E-state index in [0.717, 1.165) is 18.3 Å². The Bertz CT molecular complexity index is 700. The van der Waals surface area contributed by atoms with Crippen LogP contribution in [-0.4, -0.2) is 35.2 Å². The van der Waals surface area contributed by atoms with E-state index in [9.17, 15) is 4.79 Å². The number of hydrogen-bond donors (Lipinski definition) is 1. The largest absolute Gasteiger partial charge is 0.500 e. The Morgan fingerprint density at radius 2 is 1.69 bits per heavy atom. The zero-order valence-corrected chi connectivity index (χ0v) is 17.0. The van der Waals surface area contributed by atoms with Crippen LogP contribution in [0.15, 0.2) is 4.52 Å². The molecule has 0 bridgehead atoms. The minimum absolute atomic E-state index is 0.464. The molecule has 0 unspecified atom stereocenters. The summed E-state index contributed by atoms with van der Waals surface area (Å²) in [6.07, 6.45) is 1.05. The van der Waals surface area contributed by atoms with Crippen LogP contribution in [0.1, 0.15) is 72.8 Å². The molecule has 2 aliphatic rings. The van der Waals surface area contributed by atoms with E-state index in [1.807, 2.05) is 55.4 Å². The third-order valence-corrected chi connectivity index (χ3v) is 5.32. The van der Waals surface area contributed by atoms with Crippen LogP contribution in [0, 0.1) is 6.92 Å². The van der Waals surface area contributed by atoms with Crippen molar-refractivity contribution in [3.05, 3.63) is 11.5 Å². The van der Waals surface area contributed by atoms with Gasteiger partial charge in [-0.1, -0.05) is 5.16 Å². The molecule has 0 aromatic carbocycles. The molecule has 1 aromatic rings. The highest BCUT2D eigenvalue weighted by atomic mass is 16.7. The quantitative estimate of drug-likeness (QED) is 0.831. The van der Waals surface area contributed by atoms with E-state index in [1.54, 1.807) is 0 Å². The summed E-state index contributed by atoms with van der Waals surface area (Å²) < 4.78 is 23.4. The highest BCUT2D eigenvalue weighted by Crippen LogP contribution is 2.46. The predicted octanol–water partition coefficient (Wildman–Crippen LogP) is 2.80. The monoisotopic (exact) mass is 364 g/mol. The third kappa shape index (κ3) is 3.36. The zero-order valence-electron chi connectivity index (χ0n) is 17.0. The predicted molar refractivity (Wildman–Crippen MR) is 97.2 cm³/mol. The van der Waals surface area contributed by atoms with Crippen LogP contribution in [0.5, 0.6) is 0 Å². The normalized spacial score (nSPS) is 23.0. The zero-order chi connectivity index (χ0) is 19.5. The molecule has 7 nitrogen and oxygen atoms in total. The van der Waals surface area contributed by atoms with Gasteiger partial charge in [-0.3, -0.25) is 0 Å². The Balaban J connectivity index is 1.86. The molecule has 0 radical (unpaired) electrons. The number of aromatic nitrogens is 1. The molecular formula is C18H29BN2O5. The van der Waals surface area contributed by atoms with Crippen molar-refractivity contribution in [2.75, 3.05) is 0 Å². The van der Waals surface area contributed by atoms with E-state index >= 15 is 0 Å². The summed E-state index contributed by atoms with van der Waals surface area (Å²) in [7, 11) is -0.584. The molecule has 0 atom stereocenters. The second-order valence-electron chi connectivity index (χ2n) is 9.31. The van der Waals surface area contributed by atoms with Gasteiger partial charge in [0, 0.05) is 0 Å². The third-order valence-electron chi connectivity index (χ3n) is 5.32. The van der Waals surface area contributed by atoms with E-state index in [1.165, 1.54) is 0 Å². The molecule has 2 heterocycles. The first-order valence-corrected chi connectivity index (χ1v) is 9.10. The van der Waals surface area contributed by atoms with Gasteiger partial charge in [-0.15, -0.1) is 0 Å². The number of nitrogens with zero attached hydrogens (tertiary/aromatic N) is 1. The molecule has 1 saturated carbocycles. The van der Waals surface area contributed by atoms with Crippen molar-refractivity contribution in [1.82, 2.24) is 10.5 Å². The average molecular weight is 364 g/mol. The maximum absolute atomic E-state index is 12.3. The van der Waals surface area contributed by atoms with E-state index in [4.69, 9.17) is 18.6 Å². The van der Waals surface area contributed by atoms with Crippen LogP contribution in [-0.2, 0) is 19.6 Å².